The molecule has 0 bridgehead atoms. The molecular weight excluding hydrogens is 433 g/mol. The number of anilines is 1. The predicted molar refractivity (Wildman–Crippen MR) is 114 cm³/mol. The fourth-order valence-corrected chi connectivity index (χ4v) is 4.58. The summed E-state index contributed by atoms with van der Waals surface area (Å²) < 4.78 is 28.1. The summed E-state index contributed by atoms with van der Waals surface area (Å²) in [6.07, 6.45) is 3.46. The summed E-state index contributed by atoms with van der Waals surface area (Å²) in [7, 11) is -3.94. The number of carbonyl (C=O) groups excluding carboxylic acids is 1. The third-order valence-corrected chi connectivity index (χ3v) is 6.18. The minimum Gasteiger partial charge on any atom is -0.300 e. The van der Waals surface area contributed by atoms with Gasteiger partial charge in [-0.25, -0.2) is 8.42 Å². The first kappa shape index (κ1) is 21.2. The van der Waals surface area contributed by atoms with E-state index in [-0.39, 0.29) is 22.1 Å². The number of sulfonamides is 1. The Bertz CT molecular complexity index is 1200. The number of Topliss-reactive ketones (excluding diaryl/α,β-unsaturated/α-hetero) is 1. The van der Waals surface area contributed by atoms with E-state index in [0.717, 1.165) is 5.56 Å². The second-order valence-electron chi connectivity index (χ2n) is 6.45. The molecule has 3 rings (SSSR count). The number of nitrogens with zero attached hydrogens (tertiary/aromatic N) is 2. The monoisotopic (exact) mass is 449 g/mol. The zero-order valence-electron chi connectivity index (χ0n) is 15.6. The van der Waals surface area contributed by atoms with Crippen LogP contribution in [0.4, 0.5) is 5.69 Å². The quantitative estimate of drug-likeness (QED) is 0.589. The van der Waals surface area contributed by atoms with Crippen molar-refractivity contribution >= 4 is 44.7 Å². The zero-order valence-corrected chi connectivity index (χ0v) is 17.9. The van der Waals surface area contributed by atoms with Crippen molar-refractivity contribution in [2.24, 2.45) is 0 Å². The molecule has 29 heavy (non-hydrogen) atoms. The molecule has 0 unspecified atom stereocenters. The minimum absolute atomic E-state index is 0.00461. The Kier molecular flexibility index (Phi) is 6.21. The molecule has 9 heteroatoms. The van der Waals surface area contributed by atoms with Crippen LogP contribution >= 0.6 is 23.2 Å². The van der Waals surface area contributed by atoms with Gasteiger partial charge in [0.25, 0.3) is 10.0 Å². The highest BCUT2D eigenvalue weighted by Gasteiger charge is 2.20. The fraction of sp³-hybridized carbons (Fsp3) is 0.150. The molecule has 3 aromatic rings. The molecule has 0 aliphatic carbocycles. The van der Waals surface area contributed by atoms with E-state index in [0.29, 0.717) is 27.7 Å². The average Bonchev–Trinajstić information content (AvgIpc) is 2.62. The number of halogens is 2. The maximum atomic E-state index is 12.8. The second-order valence-corrected chi connectivity index (χ2v) is 8.95. The van der Waals surface area contributed by atoms with Gasteiger partial charge >= 0.3 is 0 Å². The molecule has 1 aromatic carbocycles. The molecule has 150 valence electrons. The van der Waals surface area contributed by atoms with E-state index >= 15 is 0 Å². The molecule has 0 atom stereocenters. The Morgan fingerprint density at radius 3 is 2.52 bits per heavy atom. The van der Waals surface area contributed by atoms with Crippen molar-refractivity contribution in [1.29, 1.82) is 0 Å². The van der Waals surface area contributed by atoms with Gasteiger partial charge < -0.3 is 0 Å². The summed E-state index contributed by atoms with van der Waals surface area (Å²) in [6.45, 7) is 3.19. The first-order valence-electron chi connectivity index (χ1n) is 8.55. The number of ketones is 1. The number of aromatic nitrogens is 2. The van der Waals surface area contributed by atoms with Crippen LogP contribution in [-0.2, 0) is 21.2 Å². The van der Waals surface area contributed by atoms with Crippen molar-refractivity contribution in [2.75, 3.05) is 4.72 Å². The molecule has 0 spiro atoms. The van der Waals surface area contributed by atoms with Crippen molar-refractivity contribution < 1.29 is 13.2 Å². The van der Waals surface area contributed by atoms with Gasteiger partial charge in [0.2, 0.25) is 0 Å². The number of carbonyl (C=O) groups is 1. The Morgan fingerprint density at radius 1 is 1.07 bits per heavy atom. The maximum Gasteiger partial charge on any atom is 0.263 e. The summed E-state index contributed by atoms with van der Waals surface area (Å²) in [5.74, 6) is 0.00461. The highest BCUT2D eigenvalue weighted by molar-refractivity contribution is 7.92. The Balaban J connectivity index is 1.97. The number of aryl methyl sites for hydroxylation is 1. The highest BCUT2D eigenvalue weighted by atomic mass is 35.5. The molecule has 0 saturated carbocycles. The molecule has 0 radical (unpaired) electrons. The first-order valence-corrected chi connectivity index (χ1v) is 10.8. The van der Waals surface area contributed by atoms with Gasteiger partial charge in [0, 0.05) is 35.1 Å². The topological polar surface area (TPSA) is 89.0 Å². The van der Waals surface area contributed by atoms with Crippen LogP contribution < -0.4 is 4.72 Å². The van der Waals surface area contributed by atoms with Crippen molar-refractivity contribution in [2.45, 2.75) is 25.2 Å². The van der Waals surface area contributed by atoms with E-state index in [1.54, 1.807) is 37.5 Å². The SMILES string of the molecule is CC(=O)Cc1cc(-c2cnc(C)c(NS(=O)(=O)c3ccc(Cl)cc3Cl)c2)ccn1. The van der Waals surface area contributed by atoms with Crippen LogP contribution in [0, 0.1) is 6.92 Å². The lowest BCUT2D eigenvalue weighted by Crippen LogP contribution is -2.14. The lowest BCUT2D eigenvalue weighted by atomic mass is 10.1. The molecule has 0 aliphatic rings. The summed E-state index contributed by atoms with van der Waals surface area (Å²) in [6, 6.07) is 9.39. The molecule has 0 fully saturated rings. The van der Waals surface area contributed by atoms with Gasteiger partial charge in [0.05, 0.1) is 16.4 Å². The maximum absolute atomic E-state index is 12.8. The van der Waals surface area contributed by atoms with Crippen LogP contribution in [0.3, 0.4) is 0 Å². The first-order chi connectivity index (χ1) is 13.7. The Labute approximate surface area is 179 Å². The number of hydrogen-bond acceptors (Lipinski definition) is 5. The van der Waals surface area contributed by atoms with E-state index in [4.69, 9.17) is 23.2 Å². The van der Waals surface area contributed by atoms with Crippen molar-refractivity contribution in [1.82, 2.24) is 9.97 Å². The van der Waals surface area contributed by atoms with Crippen molar-refractivity contribution in [3.63, 3.8) is 0 Å². The van der Waals surface area contributed by atoms with Crippen LogP contribution in [0.25, 0.3) is 11.1 Å². The highest BCUT2D eigenvalue weighted by Crippen LogP contribution is 2.29. The molecule has 2 aromatic heterocycles. The second kappa shape index (κ2) is 8.49. The van der Waals surface area contributed by atoms with Gasteiger partial charge in [-0.2, -0.15) is 0 Å². The van der Waals surface area contributed by atoms with E-state index in [1.165, 1.54) is 25.1 Å². The number of rotatable bonds is 6. The third kappa shape index (κ3) is 5.12. The van der Waals surface area contributed by atoms with Crippen molar-refractivity contribution in [3.05, 3.63) is 70.2 Å². The van der Waals surface area contributed by atoms with Gasteiger partial charge in [0.15, 0.2) is 0 Å². The molecule has 2 heterocycles. The average molecular weight is 450 g/mol. The van der Waals surface area contributed by atoms with E-state index in [2.05, 4.69) is 14.7 Å². The molecule has 0 amide bonds. The van der Waals surface area contributed by atoms with Gasteiger partial charge in [-0.3, -0.25) is 19.5 Å². The number of hydrogen-bond donors (Lipinski definition) is 1. The van der Waals surface area contributed by atoms with Gasteiger partial charge in [-0.15, -0.1) is 0 Å². The van der Waals surface area contributed by atoms with Gasteiger partial charge in [-0.05, 0) is 55.8 Å². The van der Waals surface area contributed by atoms with E-state index in [1.807, 2.05) is 0 Å². The Hall–Kier alpha value is -2.48. The van der Waals surface area contributed by atoms with Gasteiger partial charge in [-0.1, -0.05) is 23.2 Å². The summed E-state index contributed by atoms with van der Waals surface area (Å²) in [5.41, 5.74) is 2.90. The molecule has 1 N–H and O–H groups in total. The van der Waals surface area contributed by atoms with Crippen molar-refractivity contribution in [3.8, 4) is 11.1 Å². The van der Waals surface area contributed by atoms with Crippen LogP contribution in [-0.4, -0.2) is 24.2 Å². The van der Waals surface area contributed by atoms with Crippen LogP contribution in [0.5, 0.6) is 0 Å². The normalized spacial score (nSPS) is 11.3. The van der Waals surface area contributed by atoms with Gasteiger partial charge in [0.1, 0.15) is 10.7 Å². The Morgan fingerprint density at radius 2 is 1.83 bits per heavy atom. The largest absolute Gasteiger partial charge is 0.300 e. The molecule has 0 saturated heterocycles. The zero-order chi connectivity index (χ0) is 21.2. The summed E-state index contributed by atoms with van der Waals surface area (Å²) in [4.78, 5) is 19.7. The minimum atomic E-state index is -3.94. The number of pyridine rings is 2. The lowest BCUT2D eigenvalue weighted by molar-refractivity contribution is -0.116. The van der Waals surface area contributed by atoms with Crippen LogP contribution in [0.15, 0.2) is 53.7 Å². The van der Waals surface area contributed by atoms with Crippen LogP contribution in [0.2, 0.25) is 10.0 Å². The third-order valence-electron chi connectivity index (χ3n) is 4.09. The molecule has 6 nitrogen and oxygen atoms in total. The summed E-state index contributed by atoms with van der Waals surface area (Å²) >= 11 is 11.9. The predicted octanol–water partition coefficient (Wildman–Crippen LogP) is 4.69. The van der Waals surface area contributed by atoms with E-state index in [9.17, 15) is 13.2 Å². The van der Waals surface area contributed by atoms with E-state index < -0.39 is 10.0 Å². The fourth-order valence-electron chi connectivity index (χ4n) is 2.70. The summed E-state index contributed by atoms with van der Waals surface area (Å²) in [5, 5.41) is 0.364. The number of benzene rings is 1. The molecule has 0 aliphatic heterocycles. The van der Waals surface area contributed by atoms with Crippen LogP contribution in [0.1, 0.15) is 18.3 Å². The lowest BCUT2D eigenvalue weighted by Gasteiger charge is -2.13. The molecular formula is C20H17Cl2N3O3S. The standard InChI is InChI=1S/C20H17Cl2N3O3S/c1-12(26)7-17-8-14(5-6-23-17)15-9-19(13(2)24-11-15)25-29(27,28)20-4-3-16(21)10-18(20)22/h3-6,8-11,25H,7H2,1-2H3. The number of nitrogens with one attached hydrogen (secondary N) is 1. The smallest absolute Gasteiger partial charge is 0.263 e.